The van der Waals surface area contributed by atoms with E-state index in [-0.39, 0.29) is 29.3 Å². The second kappa shape index (κ2) is 5.54. The van der Waals surface area contributed by atoms with Crippen molar-refractivity contribution < 1.29 is 19.8 Å². The van der Waals surface area contributed by atoms with Crippen LogP contribution < -0.4 is 33.2 Å². The van der Waals surface area contributed by atoms with Gasteiger partial charge in [0.05, 0.1) is 0 Å². The maximum absolute atomic E-state index is 11.4. The third-order valence-electron chi connectivity index (χ3n) is 4.09. The van der Waals surface area contributed by atoms with Gasteiger partial charge in [-0.3, -0.25) is 0 Å². The van der Waals surface area contributed by atoms with Crippen molar-refractivity contribution in [1.82, 2.24) is 0 Å². The predicted molar refractivity (Wildman–Crippen MR) is 90.5 cm³/mol. The van der Waals surface area contributed by atoms with Crippen LogP contribution in [0.2, 0.25) is 0 Å². The maximum Gasteiger partial charge on any atom is 0.333 e. The molecule has 2 aromatic carbocycles. The summed E-state index contributed by atoms with van der Waals surface area (Å²) in [5, 5.41) is 21.5. The van der Waals surface area contributed by atoms with Crippen LogP contribution in [0.5, 0.6) is 11.5 Å². The van der Waals surface area contributed by atoms with Crippen LogP contribution in [-0.2, 0) is 6.42 Å². The van der Waals surface area contributed by atoms with Crippen molar-refractivity contribution >= 4 is 23.4 Å². The van der Waals surface area contributed by atoms with Gasteiger partial charge in [-0.1, -0.05) is 6.07 Å². The number of phenols is 2. The van der Waals surface area contributed by atoms with E-state index >= 15 is 0 Å². The zero-order valence-electron chi connectivity index (χ0n) is 12.9. The van der Waals surface area contributed by atoms with Gasteiger partial charge in [0.15, 0.2) is 0 Å². The topological polar surface area (TPSA) is 185 Å². The molecule has 10 N–H and O–H groups in total. The first-order chi connectivity index (χ1) is 11.7. The number of urea groups is 2. The molecule has 0 radical (unpaired) electrons. The largest absolute Gasteiger partial charge is 0.506 e. The Kier molecular flexibility index (Phi) is 3.63. The fraction of sp³-hybridized carbons (Fsp3) is 0.0667. The van der Waals surface area contributed by atoms with Crippen LogP contribution in [0.3, 0.4) is 0 Å². The third kappa shape index (κ3) is 2.45. The highest BCUT2D eigenvalue weighted by molar-refractivity contribution is 5.97. The third-order valence-corrected chi connectivity index (χ3v) is 4.09. The second-order valence-electron chi connectivity index (χ2n) is 5.55. The normalized spacial score (nSPS) is 11.6. The van der Waals surface area contributed by atoms with Crippen molar-refractivity contribution in [3.63, 3.8) is 0 Å². The Morgan fingerprint density at radius 2 is 1.56 bits per heavy atom. The Balaban J connectivity index is 2.16. The van der Waals surface area contributed by atoms with Crippen LogP contribution in [0.4, 0.5) is 21.0 Å². The van der Waals surface area contributed by atoms with E-state index in [4.69, 9.17) is 23.2 Å². The number of aromatic hydroxyl groups is 2. The quantitative estimate of drug-likeness (QED) is 0.219. The Morgan fingerprint density at radius 3 is 2.16 bits per heavy atom. The summed E-state index contributed by atoms with van der Waals surface area (Å²) in [6.07, 6.45) is 0.273. The van der Waals surface area contributed by atoms with Gasteiger partial charge in [0.2, 0.25) is 0 Å². The summed E-state index contributed by atoms with van der Waals surface area (Å²) in [7, 11) is 0. The number of nitrogens with two attached hydrogens (primary N) is 4. The number of phenolic OH excluding ortho intramolecular Hbond substituents is 2. The number of benzene rings is 2. The number of hydrogen-bond acceptors (Lipinski definition) is 6. The Hall–Kier alpha value is -3.50. The molecule has 0 saturated carbocycles. The average Bonchev–Trinajstić information content (AvgIpc) is 2.89. The van der Waals surface area contributed by atoms with Crippen molar-refractivity contribution in [3.05, 3.63) is 35.4 Å². The van der Waals surface area contributed by atoms with E-state index in [0.29, 0.717) is 32.3 Å². The van der Waals surface area contributed by atoms with Gasteiger partial charge in [0, 0.05) is 6.42 Å². The molecule has 0 aliphatic heterocycles. The first kappa shape index (κ1) is 16.4. The minimum absolute atomic E-state index is 0.0318. The number of fused-ring (bicyclic) bond motifs is 3. The molecule has 4 amide bonds. The molecule has 0 bridgehead atoms. The van der Waals surface area contributed by atoms with Gasteiger partial charge < -0.3 is 21.7 Å². The lowest BCUT2D eigenvalue weighted by molar-refractivity contribution is 0.253. The second-order valence-corrected chi connectivity index (χ2v) is 5.55. The molecule has 0 saturated heterocycles. The molecule has 0 aromatic heterocycles. The van der Waals surface area contributed by atoms with Gasteiger partial charge in [-0.2, -0.15) is 0 Å². The van der Waals surface area contributed by atoms with Gasteiger partial charge in [0.1, 0.15) is 22.9 Å². The molecule has 130 valence electrons. The molecule has 2 aromatic rings. The van der Waals surface area contributed by atoms with E-state index < -0.39 is 12.1 Å². The lowest BCUT2D eigenvalue weighted by Crippen LogP contribution is -2.42. The molecule has 0 unspecified atom stereocenters. The van der Waals surface area contributed by atoms with Crippen LogP contribution in [0.25, 0.3) is 11.1 Å². The number of primary amides is 2. The van der Waals surface area contributed by atoms with Crippen molar-refractivity contribution in [3.8, 4) is 22.6 Å². The van der Waals surface area contributed by atoms with Crippen LogP contribution in [-0.4, -0.2) is 22.3 Å². The monoisotopic (exact) mass is 344 g/mol. The molecule has 3 rings (SSSR count). The Bertz CT molecular complexity index is 913. The first-order valence-electron chi connectivity index (χ1n) is 7.12. The molecule has 1 aliphatic carbocycles. The van der Waals surface area contributed by atoms with Crippen molar-refractivity contribution in [2.75, 3.05) is 10.0 Å². The van der Waals surface area contributed by atoms with Crippen LogP contribution >= 0.6 is 0 Å². The minimum Gasteiger partial charge on any atom is -0.506 e. The molecule has 25 heavy (non-hydrogen) atoms. The Labute approximate surface area is 141 Å². The number of hydrazine groups is 2. The molecule has 1 aliphatic rings. The summed E-state index contributed by atoms with van der Waals surface area (Å²) in [5.74, 6) is 10.7. The Morgan fingerprint density at radius 1 is 0.920 bits per heavy atom. The van der Waals surface area contributed by atoms with E-state index in [0.717, 1.165) is 0 Å². The smallest absolute Gasteiger partial charge is 0.333 e. The fourth-order valence-corrected chi connectivity index (χ4v) is 2.95. The van der Waals surface area contributed by atoms with Gasteiger partial charge in [-0.25, -0.2) is 31.3 Å². The molecule has 0 heterocycles. The highest BCUT2D eigenvalue weighted by Crippen LogP contribution is 2.47. The molecule has 10 heteroatoms. The summed E-state index contributed by atoms with van der Waals surface area (Å²) in [5.41, 5.74) is 13.0. The average molecular weight is 344 g/mol. The number of carbonyl (C=O) groups is 2. The number of amides is 4. The lowest BCUT2D eigenvalue weighted by atomic mass is 10.0. The van der Waals surface area contributed by atoms with Gasteiger partial charge in [-0.15, -0.1) is 0 Å². The van der Waals surface area contributed by atoms with Crippen LogP contribution in [0, 0.1) is 0 Å². The highest BCUT2D eigenvalue weighted by atomic mass is 16.3. The molecule has 0 spiro atoms. The number of nitrogens with zero attached hydrogens (tertiary/aromatic N) is 2. The molecule has 10 nitrogen and oxygen atoms in total. The standard InChI is InChI=1S/C15H16N6O4/c16-14(24)20(18)10-4-6-3-9-7(8(6)5-12(10)23)1-2-11(22)13(9)21(19)15(17)25/h1-2,4-5,22-23H,3,18-19H2,(H2,16,24)(H2,17,25). The fourth-order valence-electron chi connectivity index (χ4n) is 2.95. The lowest BCUT2D eigenvalue weighted by Gasteiger charge is -2.19. The van der Waals surface area contributed by atoms with Gasteiger partial charge >= 0.3 is 12.1 Å². The van der Waals surface area contributed by atoms with E-state index in [1.54, 1.807) is 6.07 Å². The van der Waals surface area contributed by atoms with E-state index in [1.165, 1.54) is 18.2 Å². The molecular formula is C15H16N6O4. The van der Waals surface area contributed by atoms with Gasteiger partial charge in [0.25, 0.3) is 0 Å². The number of anilines is 2. The minimum atomic E-state index is -0.940. The number of carbonyl (C=O) groups excluding carboxylic acids is 2. The number of rotatable bonds is 2. The molecular weight excluding hydrogens is 328 g/mol. The maximum atomic E-state index is 11.4. The summed E-state index contributed by atoms with van der Waals surface area (Å²) < 4.78 is 0. The summed E-state index contributed by atoms with van der Waals surface area (Å²) >= 11 is 0. The predicted octanol–water partition coefficient (Wildman–Crippen LogP) is 0.187. The first-order valence-corrected chi connectivity index (χ1v) is 7.12. The van der Waals surface area contributed by atoms with Crippen LogP contribution in [0.1, 0.15) is 11.1 Å². The SMILES string of the molecule is NC(=O)N(N)c1cc2c(cc1O)-c1ccc(O)c(N(N)C(N)=O)c1C2. The van der Waals surface area contributed by atoms with E-state index in [2.05, 4.69) is 0 Å². The van der Waals surface area contributed by atoms with Crippen molar-refractivity contribution in [2.24, 2.45) is 23.2 Å². The summed E-state index contributed by atoms with van der Waals surface area (Å²) in [6.45, 7) is 0. The zero-order valence-corrected chi connectivity index (χ0v) is 12.9. The highest BCUT2D eigenvalue weighted by Gasteiger charge is 2.29. The van der Waals surface area contributed by atoms with Gasteiger partial charge in [-0.05, 0) is 40.5 Å². The summed E-state index contributed by atoms with van der Waals surface area (Å²) in [4.78, 5) is 22.6. The van der Waals surface area contributed by atoms with Crippen molar-refractivity contribution in [1.29, 1.82) is 0 Å². The van der Waals surface area contributed by atoms with Crippen LogP contribution in [0.15, 0.2) is 24.3 Å². The van der Waals surface area contributed by atoms with E-state index in [9.17, 15) is 19.8 Å². The molecule has 0 atom stereocenters. The zero-order chi connectivity index (χ0) is 18.5. The van der Waals surface area contributed by atoms with E-state index in [1.807, 2.05) is 0 Å². The summed E-state index contributed by atoms with van der Waals surface area (Å²) in [6, 6.07) is 4.04. The molecule has 0 fully saturated rings. The van der Waals surface area contributed by atoms with Crippen molar-refractivity contribution in [2.45, 2.75) is 6.42 Å². The number of hydrogen-bond donors (Lipinski definition) is 6.